The quantitative estimate of drug-likeness (QED) is 0.659. The van der Waals surface area contributed by atoms with Crippen LogP contribution >= 0.6 is 0 Å². The third kappa shape index (κ3) is 4.14. The van der Waals surface area contributed by atoms with Gasteiger partial charge in [-0.25, -0.2) is 8.42 Å². The molecule has 3 N–H and O–H groups in total. The Morgan fingerprint density at radius 1 is 1.21 bits per heavy atom. The zero-order valence-electron chi connectivity index (χ0n) is 14.2. The average molecular weight is 354 g/mol. The molecule has 0 saturated carbocycles. The zero-order valence-corrected chi connectivity index (χ0v) is 15.0. The van der Waals surface area contributed by atoms with Crippen LogP contribution in [0.3, 0.4) is 0 Å². The van der Waals surface area contributed by atoms with Crippen molar-refractivity contribution in [2.75, 3.05) is 46.2 Å². The number of piperazine rings is 1. The van der Waals surface area contributed by atoms with E-state index in [0.717, 1.165) is 31.7 Å². The van der Waals surface area contributed by atoms with Crippen LogP contribution < -0.4 is 16.0 Å². The molecule has 2 saturated heterocycles. The van der Waals surface area contributed by atoms with E-state index in [1.54, 1.807) is 12.1 Å². The van der Waals surface area contributed by atoms with Gasteiger partial charge in [-0.1, -0.05) is 12.1 Å². The Kier molecular flexibility index (Phi) is 5.53. The number of ether oxygens (including phenoxy) is 1. The molecule has 0 bridgehead atoms. The summed E-state index contributed by atoms with van der Waals surface area (Å²) in [6.45, 7) is 4.03. The van der Waals surface area contributed by atoms with Crippen LogP contribution in [0.4, 0.5) is 0 Å². The van der Waals surface area contributed by atoms with Crippen LogP contribution in [-0.4, -0.2) is 71.8 Å². The minimum atomic E-state index is -3.15. The third-order valence-electron chi connectivity index (χ3n) is 4.73. The van der Waals surface area contributed by atoms with Crippen LogP contribution in [0.2, 0.25) is 0 Å². The van der Waals surface area contributed by atoms with Gasteiger partial charge in [0.1, 0.15) is 0 Å². The monoisotopic (exact) mass is 354 g/mol. The fraction of sp³-hybridized carbons (Fsp3) is 0.625. The van der Waals surface area contributed by atoms with Crippen LogP contribution in [0.5, 0.6) is 0 Å². The molecule has 0 spiro atoms. The van der Waals surface area contributed by atoms with E-state index in [1.165, 1.54) is 6.26 Å². The minimum Gasteiger partial charge on any atom is -0.360 e. The summed E-state index contributed by atoms with van der Waals surface area (Å²) in [5, 5.41) is 10.2. The van der Waals surface area contributed by atoms with E-state index in [2.05, 4.69) is 27.9 Å². The first-order valence-electron chi connectivity index (χ1n) is 8.23. The first-order valence-corrected chi connectivity index (χ1v) is 10.1. The smallest absolute Gasteiger partial charge is 0.175 e. The summed E-state index contributed by atoms with van der Waals surface area (Å²) < 4.78 is 28.8. The molecule has 0 aliphatic carbocycles. The van der Waals surface area contributed by atoms with Gasteiger partial charge in [-0.15, -0.1) is 0 Å². The van der Waals surface area contributed by atoms with Gasteiger partial charge in [0.15, 0.2) is 9.84 Å². The Bertz CT molecular complexity index is 644. The van der Waals surface area contributed by atoms with Crippen LogP contribution in [-0.2, 0) is 14.6 Å². The van der Waals surface area contributed by atoms with Crippen molar-refractivity contribution in [1.82, 2.24) is 20.9 Å². The summed E-state index contributed by atoms with van der Waals surface area (Å²) in [6, 6.07) is 7.39. The number of nitrogens with one attached hydrogen (secondary N) is 3. The number of likely N-dealkylation sites (N-methyl/N-ethyl adjacent to an activating group) is 1. The number of hydrogen-bond donors (Lipinski definition) is 3. The lowest BCUT2D eigenvalue weighted by molar-refractivity contribution is 0.0733. The Balaban J connectivity index is 1.64. The Morgan fingerprint density at radius 2 is 1.96 bits per heavy atom. The third-order valence-corrected chi connectivity index (χ3v) is 5.85. The van der Waals surface area contributed by atoms with Gasteiger partial charge in [-0.2, -0.15) is 0 Å². The molecule has 3 rings (SSSR count). The normalized spacial score (nSPS) is 29.0. The molecular formula is C16H26N4O3S. The van der Waals surface area contributed by atoms with E-state index in [0.29, 0.717) is 11.6 Å². The zero-order chi connectivity index (χ0) is 17.2. The summed E-state index contributed by atoms with van der Waals surface area (Å²) in [5.41, 5.74) is 1.11. The van der Waals surface area contributed by atoms with Gasteiger partial charge in [0.2, 0.25) is 0 Å². The first-order chi connectivity index (χ1) is 11.4. The lowest BCUT2D eigenvalue weighted by Gasteiger charge is -2.41. The van der Waals surface area contributed by atoms with Crippen LogP contribution in [0.25, 0.3) is 0 Å². The summed E-state index contributed by atoms with van der Waals surface area (Å²) in [7, 11) is -1.06. The predicted molar refractivity (Wildman–Crippen MR) is 92.5 cm³/mol. The number of nitrogens with zero attached hydrogens (tertiary/aromatic N) is 1. The van der Waals surface area contributed by atoms with Crippen LogP contribution in [0.1, 0.15) is 11.6 Å². The van der Waals surface area contributed by atoms with Crippen molar-refractivity contribution in [2.24, 2.45) is 0 Å². The minimum absolute atomic E-state index is 0.201. The summed E-state index contributed by atoms with van der Waals surface area (Å²) in [5.74, 6) is 0. The molecule has 2 heterocycles. The van der Waals surface area contributed by atoms with Crippen molar-refractivity contribution in [3.05, 3.63) is 29.8 Å². The molecule has 134 valence electrons. The number of hydrogen-bond acceptors (Lipinski definition) is 7. The maximum Gasteiger partial charge on any atom is 0.175 e. The van der Waals surface area contributed by atoms with Crippen molar-refractivity contribution in [1.29, 1.82) is 0 Å². The molecule has 0 aromatic heterocycles. The van der Waals surface area contributed by atoms with E-state index >= 15 is 0 Å². The molecule has 0 radical (unpaired) electrons. The SMILES string of the molecule is CN1C(NCC2CNCO2)CNCC1c1ccc(S(C)(=O)=O)cc1. The predicted octanol–water partition coefficient (Wildman–Crippen LogP) is -0.472. The van der Waals surface area contributed by atoms with Crippen LogP contribution in [0.15, 0.2) is 29.2 Å². The highest BCUT2D eigenvalue weighted by atomic mass is 32.2. The first kappa shape index (κ1) is 17.8. The largest absolute Gasteiger partial charge is 0.360 e. The molecule has 0 amide bonds. The van der Waals surface area contributed by atoms with Crippen LogP contribution in [0, 0.1) is 0 Å². The highest BCUT2D eigenvalue weighted by molar-refractivity contribution is 7.90. The van der Waals surface area contributed by atoms with Gasteiger partial charge in [0.05, 0.1) is 23.9 Å². The van der Waals surface area contributed by atoms with Gasteiger partial charge >= 0.3 is 0 Å². The molecule has 3 atom stereocenters. The molecule has 7 nitrogen and oxygen atoms in total. The summed E-state index contributed by atoms with van der Waals surface area (Å²) in [4.78, 5) is 2.66. The maximum absolute atomic E-state index is 11.6. The standard InChI is InChI=1S/C16H26N4O3S/c1-20-15(12-3-5-14(6-4-12)24(2,21)22)9-17-10-16(20)19-8-13-7-18-11-23-13/h3-6,13,15-19H,7-11H2,1-2H3. The highest BCUT2D eigenvalue weighted by Crippen LogP contribution is 2.24. The molecule has 24 heavy (non-hydrogen) atoms. The molecule has 2 fully saturated rings. The Labute approximate surface area is 143 Å². The summed E-state index contributed by atoms with van der Waals surface area (Å²) in [6.07, 6.45) is 1.66. The van der Waals surface area contributed by atoms with E-state index in [4.69, 9.17) is 4.74 Å². The van der Waals surface area contributed by atoms with Crippen molar-refractivity contribution in [3.8, 4) is 0 Å². The van der Waals surface area contributed by atoms with E-state index < -0.39 is 9.84 Å². The second-order valence-electron chi connectivity index (χ2n) is 6.49. The van der Waals surface area contributed by atoms with Gasteiger partial charge in [0, 0.05) is 38.5 Å². The lowest BCUT2D eigenvalue weighted by Crippen LogP contribution is -2.58. The topological polar surface area (TPSA) is 82.7 Å². The number of sulfone groups is 1. The molecule has 1 aromatic rings. The molecule has 3 unspecified atom stereocenters. The lowest BCUT2D eigenvalue weighted by atomic mass is 10.0. The number of rotatable bonds is 5. The summed E-state index contributed by atoms with van der Waals surface area (Å²) >= 11 is 0. The van der Waals surface area contributed by atoms with Gasteiger partial charge < -0.3 is 10.1 Å². The van der Waals surface area contributed by atoms with Gasteiger partial charge in [-0.05, 0) is 24.7 Å². The fourth-order valence-corrected chi connectivity index (χ4v) is 3.85. The van der Waals surface area contributed by atoms with Crippen molar-refractivity contribution in [3.63, 3.8) is 0 Å². The van der Waals surface area contributed by atoms with Crippen molar-refractivity contribution in [2.45, 2.75) is 23.2 Å². The molecular weight excluding hydrogens is 328 g/mol. The van der Waals surface area contributed by atoms with Gasteiger partial charge in [-0.3, -0.25) is 15.5 Å². The molecule has 8 heteroatoms. The van der Waals surface area contributed by atoms with E-state index in [-0.39, 0.29) is 18.3 Å². The fourth-order valence-electron chi connectivity index (χ4n) is 3.22. The second kappa shape index (κ2) is 7.47. The second-order valence-corrected chi connectivity index (χ2v) is 8.51. The van der Waals surface area contributed by atoms with Crippen molar-refractivity contribution >= 4 is 9.84 Å². The molecule has 1 aromatic carbocycles. The van der Waals surface area contributed by atoms with Crippen molar-refractivity contribution < 1.29 is 13.2 Å². The highest BCUT2D eigenvalue weighted by Gasteiger charge is 2.29. The van der Waals surface area contributed by atoms with E-state index in [9.17, 15) is 8.42 Å². The molecule has 2 aliphatic heterocycles. The number of benzene rings is 1. The average Bonchev–Trinajstić information content (AvgIpc) is 3.07. The maximum atomic E-state index is 11.6. The Hall–Kier alpha value is -1.03. The molecule has 2 aliphatic rings. The van der Waals surface area contributed by atoms with E-state index in [1.807, 2.05) is 12.1 Å². The Morgan fingerprint density at radius 3 is 2.58 bits per heavy atom. The van der Waals surface area contributed by atoms with Gasteiger partial charge in [0.25, 0.3) is 0 Å².